The van der Waals surface area contributed by atoms with Gasteiger partial charge in [0.15, 0.2) is 5.96 Å². The number of halogens is 1. The first-order chi connectivity index (χ1) is 32.8. The van der Waals surface area contributed by atoms with E-state index in [0.29, 0.717) is 51.6 Å². The van der Waals surface area contributed by atoms with E-state index in [9.17, 15) is 53.1 Å². The van der Waals surface area contributed by atoms with E-state index in [0.717, 1.165) is 4.90 Å². The molecule has 0 aromatic rings. The summed E-state index contributed by atoms with van der Waals surface area (Å²) in [6.07, 6.45) is 1.22. The fraction of sp³-hybridized carbons (Fsp3) is 0.761. The zero-order chi connectivity index (χ0) is 53.4. The van der Waals surface area contributed by atoms with Crippen LogP contribution in [-0.2, 0) is 47.9 Å². The number of nitrogens with one attached hydrogen (secondary N) is 8. The maximum Gasteiger partial charge on any atom is 0.245 e. The standard InChI is InChI=1S/C46H83N13O11.ClH/c1-12-18-30(39(64)55-36(26(7)13-2)42(67)53-31(19-16-21-50-46(47)48)45(70)59-22-17-20-32(59)40(65)49-15-4)52-44(69)38(28(9)60)57-43(68)37(27(8)14-3)56-41(66)35(25(5)6)54-33(62)23-51-34(63)24-58(11)29(10)61;/h25-28,30-32,35-38,60H,12-24H2,1-11H3,(H,49,65)(H,51,63)(H,52,69)(H,53,67)(H,54,62)(H,55,64)(H,56,66)(H,57,68)(H4,47,48,50);1H/t26-,27-,28+,30-,31-,32-,35-,36-,37+,38-;/m0./s1. The topological polar surface area (TPSA) is 358 Å². The Kier molecular flexibility index (Phi) is 30.3. The Labute approximate surface area is 424 Å². The molecule has 0 unspecified atom stereocenters. The van der Waals surface area contributed by atoms with Gasteiger partial charge >= 0.3 is 0 Å². The molecule has 24 nitrogen and oxygen atoms in total. The van der Waals surface area contributed by atoms with E-state index >= 15 is 0 Å². The molecule has 10 amide bonds. The van der Waals surface area contributed by atoms with E-state index in [-0.39, 0.29) is 56.1 Å². The van der Waals surface area contributed by atoms with Crippen LogP contribution in [0.15, 0.2) is 4.99 Å². The number of aliphatic hydroxyl groups excluding tert-OH is 1. The van der Waals surface area contributed by atoms with Crippen molar-refractivity contribution in [1.82, 2.24) is 52.3 Å². The highest BCUT2D eigenvalue weighted by atomic mass is 35.5. The molecule has 1 aliphatic heterocycles. The first kappa shape index (κ1) is 65.2. The Morgan fingerprint density at radius 2 is 1.21 bits per heavy atom. The molecule has 1 heterocycles. The van der Waals surface area contributed by atoms with Gasteiger partial charge in [0.2, 0.25) is 59.1 Å². The summed E-state index contributed by atoms with van der Waals surface area (Å²) in [5.74, 6) is -7.96. The average Bonchev–Trinajstić information content (AvgIpc) is 3.80. The second-order valence-corrected chi connectivity index (χ2v) is 18.4. The normalized spacial score (nSPS) is 16.9. The van der Waals surface area contributed by atoms with Crippen molar-refractivity contribution < 1.29 is 53.1 Å². The van der Waals surface area contributed by atoms with Crippen LogP contribution in [-0.4, -0.2) is 168 Å². The number of rotatable bonds is 30. The SMILES string of the molecule is CCC[C@H](NC(=O)[C@@H](NC(=O)[C@H](NC(=O)[C@@H](NC(=O)CNC(=O)CN(C)C(C)=O)C(C)C)[C@@H](C)CC)[C@@H](C)O)C(=O)N[C@H](C(=O)N[C@@H](CCCN=C(N)N)C(=O)N1CCC[C@H]1C(=O)NCC)[C@@H](C)CC.Cl. The smallest absolute Gasteiger partial charge is 0.245 e. The molecule has 10 atom stereocenters. The van der Waals surface area contributed by atoms with Crippen LogP contribution in [0.4, 0.5) is 0 Å². The summed E-state index contributed by atoms with van der Waals surface area (Å²) in [7, 11) is 1.42. The summed E-state index contributed by atoms with van der Waals surface area (Å²) in [4.78, 5) is 140. The lowest BCUT2D eigenvalue weighted by Crippen LogP contribution is -2.63. The lowest BCUT2D eigenvalue weighted by molar-refractivity contribution is -0.142. The van der Waals surface area contributed by atoms with Gasteiger partial charge in [-0.25, -0.2) is 0 Å². The van der Waals surface area contributed by atoms with Crippen molar-refractivity contribution in [1.29, 1.82) is 0 Å². The highest BCUT2D eigenvalue weighted by molar-refractivity contribution is 5.98. The Hall–Kier alpha value is -5.78. The number of nitrogens with zero attached hydrogens (tertiary/aromatic N) is 3. The van der Waals surface area contributed by atoms with Gasteiger partial charge in [-0.2, -0.15) is 0 Å². The maximum absolute atomic E-state index is 14.2. The number of hydrogen-bond donors (Lipinski definition) is 11. The molecule has 0 aromatic carbocycles. The Bertz CT molecular complexity index is 1830. The van der Waals surface area contributed by atoms with E-state index < -0.39 is 120 Å². The fourth-order valence-corrected chi connectivity index (χ4v) is 7.51. The number of nitrogens with two attached hydrogens (primary N) is 2. The zero-order valence-corrected chi connectivity index (χ0v) is 44.3. The van der Waals surface area contributed by atoms with Crippen LogP contribution in [0.1, 0.15) is 121 Å². The molecule has 13 N–H and O–H groups in total. The van der Waals surface area contributed by atoms with Crippen LogP contribution < -0.4 is 54.0 Å². The Morgan fingerprint density at radius 1 is 0.690 bits per heavy atom. The van der Waals surface area contributed by atoms with Gasteiger partial charge in [-0.15, -0.1) is 12.4 Å². The molecule has 0 aliphatic carbocycles. The quantitative estimate of drug-likeness (QED) is 0.0212. The lowest BCUT2D eigenvalue weighted by atomic mass is 9.95. The average molecular weight is 1030 g/mol. The number of aliphatic hydroxyl groups is 1. The summed E-state index contributed by atoms with van der Waals surface area (Å²) >= 11 is 0. The predicted octanol–water partition coefficient (Wildman–Crippen LogP) is -1.98. The molecule has 1 aliphatic rings. The number of guanidine groups is 1. The summed E-state index contributed by atoms with van der Waals surface area (Å²) < 4.78 is 0. The van der Waals surface area contributed by atoms with E-state index in [1.165, 1.54) is 25.8 Å². The minimum absolute atomic E-state index is 0. The van der Waals surface area contributed by atoms with Crippen LogP contribution in [0.2, 0.25) is 0 Å². The van der Waals surface area contributed by atoms with Gasteiger partial charge in [0.25, 0.3) is 0 Å². The lowest BCUT2D eigenvalue weighted by Gasteiger charge is -2.32. The molecule has 1 saturated heterocycles. The molecule has 0 radical (unpaired) electrons. The Morgan fingerprint density at radius 3 is 1.72 bits per heavy atom. The third-order valence-electron chi connectivity index (χ3n) is 12.2. The monoisotopic (exact) mass is 1030 g/mol. The van der Waals surface area contributed by atoms with E-state index in [2.05, 4.69) is 47.5 Å². The number of hydrogen-bond acceptors (Lipinski definition) is 12. The number of amides is 10. The van der Waals surface area contributed by atoms with Gasteiger partial charge < -0.3 is 68.9 Å². The molecular weight excluding hydrogens is 946 g/mol. The molecule has 1 rings (SSSR count). The molecule has 0 bridgehead atoms. The fourth-order valence-electron chi connectivity index (χ4n) is 7.51. The number of carbonyl (C=O) groups is 10. The Balaban J connectivity index is 0.0000490. The van der Waals surface area contributed by atoms with Crippen LogP contribution in [0.25, 0.3) is 0 Å². The molecule has 71 heavy (non-hydrogen) atoms. The van der Waals surface area contributed by atoms with Crippen molar-refractivity contribution in [3.05, 3.63) is 0 Å². The molecule has 0 aromatic heterocycles. The highest BCUT2D eigenvalue weighted by Crippen LogP contribution is 2.21. The van der Waals surface area contributed by atoms with Gasteiger partial charge in [-0.1, -0.05) is 67.7 Å². The molecular formula is C46H84ClN13O11. The van der Waals surface area contributed by atoms with E-state index in [1.807, 2.05) is 6.92 Å². The summed E-state index contributed by atoms with van der Waals surface area (Å²) in [5.41, 5.74) is 11.0. The number of carbonyl (C=O) groups excluding carboxylic acids is 10. The van der Waals surface area contributed by atoms with Gasteiger partial charge in [0, 0.05) is 33.6 Å². The number of likely N-dealkylation sites (tertiary alicyclic amines) is 1. The van der Waals surface area contributed by atoms with Gasteiger partial charge in [-0.05, 0) is 63.7 Å². The molecule has 0 saturated carbocycles. The van der Waals surface area contributed by atoms with Gasteiger partial charge in [-0.3, -0.25) is 52.9 Å². The predicted molar refractivity (Wildman–Crippen MR) is 269 cm³/mol. The van der Waals surface area contributed by atoms with Crippen molar-refractivity contribution in [2.45, 2.75) is 169 Å². The van der Waals surface area contributed by atoms with Gasteiger partial charge in [0.1, 0.15) is 42.3 Å². The maximum atomic E-state index is 14.2. The molecule has 406 valence electrons. The first-order valence-corrected chi connectivity index (χ1v) is 24.5. The number of likely N-dealkylation sites (N-methyl/N-ethyl adjacent to an activating group) is 2. The van der Waals surface area contributed by atoms with E-state index in [4.69, 9.17) is 11.5 Å². The van der Waals surface area contributed by atoms with Crippen molar-refractivity contribution in [2.24, 2.45) is 34.2 Å². The molecule has 0 spiro atoms. The van der Waals surface area contributed by atoms with Crippen LogP contribution >= 0.6 is 12.4 Å². The second kappa shape index (κ2) is 33.0. The van der Waals surface area contributed by atoms with Crippen molar-refractivity contribution in [3.8, 4) is 0 Å². The largest absolute Gasteiger partial charge is 0.391 e. The second-order valence-electron chi connectivity index (χ2n) is 18.4. The minimum atomic E-state index is -1.62. The van der Waals surface area contributed by atoms with Crippen LogP contribution in [0, 0.1) is 17.8 Å². The number of aliphatic imine (C=N–C) groups is 1. The minimum Gasteiger partial charge on any atom is -0.391 e. The van der Waals surface area contributed by atoms with Crippen LogP contribution in [0.3, 0.4) is 0 Å². The highest BCUT2D eigenvalue weighted by Gasteiger charge is 2.40. The van der Waals surface area contributed by atoms with Gasteiger partial charge in [0.05, 0.1) is 19.2 Å². The zero-order valence-electron chi connectivity index (χ0n) is 43.5. The third kappa shape index (κ3) is 22.0. The summed E-state index contributed by atoms with van der Waals surface area (Å²) in [6.45, 7) is 16.5. The summed E-state index contributed by atoms with van der Waals surface area (Å²) in [6, 6.07) is -8.31. The van der Waals surface area contributed by atoms with E-state index in [1.54, 1.807) is 48.5 Å². The van der Waals surface area contributed by atoms with Crippen molar-refractivity contribution >= 4 is 77.4 Å². The third-order valence-corrected chi connectivity index (χ3v) is 12.2. The first-order valence-electron chi connectivity index (χ1n) is 24.5. The van der Waals surface area contributed by atoms with Crippen molar-refractivity contribution in [3.63, 3.8) is 0 Å². The van der Waals surface area contributed by atoms with Crippen LogP contribution in [0.5, 0.6) is 0 Å². The molecule has 1 fully saturated rings. The summed E-state index contributed by atoms with van der Waals surface area (Å²) in [5, 5.41) is 31.9. The van der Waals surface area contributed by atoms with Crippen molar-refractivity contribution in [2.75, 3.05) is 39.8 Å². The molecule has 25 heteroatoms.